The van der Waals surface area contributed by atoms with E-state index in [1.165, 1.54) is 11.6 Å². The average Bonchev–Trinajstić information content (AvgIpc) is 3.10. The first kappa shape index (κ1) is 37.1. The number of phenolic OH excluding ortho intramolecular Hbond substituents is 1. The molecule has 1 aliphatic rings. The molecule has 0 bridgehead atoms. The SMILES string of the molecule is CC.CC(C)(C)CC(C)(C)c1ccc(Oc2cc(Nc3c(Cl)cccc3Cl)c3c4c(nc(-c5cc(Cl)ccc5O)nc24)-c2ccccc2C3=O)cc1. The van der Waals surface area contributed by atoms with E-state index in [0.29, 0.717) is 76.8 Å². The van der Waals surface area contributed by atoms with E-state index in [0.717, 1.165) is 6.42 Å². The number of rotatable bonds is 7. The fraction of sp³-hybridized carbons (Fsp3) is 0.233. The number of carbonyl (C=O) groups excluding carboxylic acids is 1. The highest BCUT2D eigenvalue weighted by Crippen LogP contribution is 2.48. The number of hydrogen-bond donors (Lipinski definition) is 2. The smallest absolute Gasteiger partial charge is 0.196 e. The molecule has 1 aliphatic carbocycles. The van der Waals surface area contributed by atoms with E-state index in [9.17, 15) is 9.90 Å². The Balaban J connectivity index is 0.00000228. The molecule has 9 heteroatoms. The third-order valence-corrected chi connectivity index (χ3v) is 9.71. The summed E-state index contributed by atoms with van der Waals surface area (Å²) in [7, 11) is 0. The van der Waals surface area contributed by atoms with Gasteiger partial charge in [0.05, 0.1) is 38.2 Å². The molecule has 0 aliphatic heterocycles. The number of ketones is 1. The summed E-state index contributed by atoms with van der Waals surface area (Å²) >= 11 is 19.6. The molecular formula is C43H40Cl3N3O3. The molecule has 0 saturated carbocycles. The van der Waals surface area contributed by atoms with E-state index >= 15 is 0 Å². The van der Waals surface area contributed by atoms with Crippen molar-refractivity contribution in [2.75, 3.05) is 5.32 Å². The first-order valence-electron chi connectivity index (χ1n) is 17.2. The molecule has 1 aromatic heterocycles. The van der Waals surface area contributed by atoms with Crippen molar-refractivity contribution < 1.29 is 14.6 Å². The summed E-state index contributed by atoms with van der Waals surface area (Å²) in [6, 6.07) is 27.0. The molecule has 7 rings (SSSR count). The van der Waals surface area contributed by atoms with Crippen LogP contribution < -0.4 is 10.1 Å². The van der Waals surface area contributed by atoms with Crippen LogP contribution in [-0.2, 0) is 5.41 Å². The fourth-order valence-electron chi connectivity index (χ4n) is 7.00. The monoisotopic (exact) mass is 751 g/mol. The van der Waals surface area contributed by atoms with Gasteiger partial charge in [-0.15, -0.1) is 0 Å². The van der Waals surface area contributed by atoms with E-state index in [2.05, 4.69) is 52.1 Å². The van der Waals surface area contributed by atoms with Crippen molar-refractivity contribution in [1.29, 1.82) is 0 Å². The van der Waals surface area contributed by atoms with Gasteiger partial charge in [-0.3, -0.25) is 4.79 Å². The van der Waals surface area contributed by atoms with E-state index in [1.54, 1.807) is 42.5 Å². The lowest BCUT2D eigenvalue weighted by molar-refractivity contribution is 0.104. The second kappa shape index (κ2) is 14.4. The molecule has 0 saturated heterocycles. The Bertz CT molecular complexity index is 2310. The Kier molecular flexibility index (Phi) is 10.3. The first-order valence-corrected chi connectivity index (χ1v) is 18.3. The molecule has 6 nitrogen and oxygen atoms in total. The van der Waals surface area contributed by atoms with Gasteiger partial charge in [0.2, 0.25) is 0 Å². The Morgan fingerprint density at radius 3 is 2.08 bits per heavy atom. The van der Waals surface area contributed by atoms with E-state index in [-0.39, 0.29) is 28.2 Å². The van der Waals surface area contributed by atoms with Crippen LogP contribution in [0.5, 0.6) is 17.2 Å². The lowest BCUT2D eigenvalue weighted by Gasteiger charge is -2.33. The topological polar surface area (TPSA) is 84.3 Å². The van der Waals surface area contributed by atoms with Crippen molar-refractivity contribution >= 4 is 62.9 Å². The zero-order valence-corrected chi connectivity index (χ0v) is 32.4. The van der Waals surface area contributed by atoms with Gasteiger partial charge in [0.1, 0.15) is 17.0 Å². The fourth-order valence-corrected chi connectivity index (χ4v) is 7.66. The minimum absolute atomic E-state index is 0.0380. The van der Waals surface area contributed by atoms with Gasteiger partial charge in [0, 0.05) is 27.6 Å². The maximum Gasteiger partial charge on any atom is 0.196 e. The molecular weight excluding hydrogens is 713 g/mol. The number of anilines is 2. The van der Waals surface area contributed by atoms with Gasteiger partial charge < -0.3 is 15.2 Å². The third-order valence-electron chi connectivity index (χ3n) is 8.85. The molecule has 5 aromatic carbocycles. The number of aromatic nitrogens is 2. The largest absolute Gasteiger partial charge is 0.507 e. The molecule has 6 aromatic rings. The molecule has 1 heterocycles. The summed E-state index contributed by atoms with van der Waals surface area (Å²) in [6.07, 6.45) is 1.00. The Labute approximate surface area is 319 Å². The minimum Gasteiger partial charge on any atom is -0.507 e. The van der Waals surface area contributed by atoms with E-state index < -0.39 is 0 Å². The van der Waals surface area contributed by atoms with E-state index in [1.807, 2.05) is 44.2 Å². The number of carbonyl (C=O) groups is 1. The zero-order chi connectivity index (χ0) is 37.5. The number of hydrogen-bond acceptors (Lipinski definition) is 6. The van der Waals surface area contributed by atoms with Crippen LogP contribution in [0.15, 0.2) is 91.0 Å². The number of benzene rings is 5. The van der Waals surface area contributed by atoms with Crippen molar-refractivity contribution in [3.05, 3.63) is 123 Å². The molecule has 0 fully saturated rings. The highest BCUT2D eigenvalue weighted by Gasteiger charge is 2.33. The summed E-state index contributed by atoms with van der Waals surface area (Å²) in [5, 5.41) is 15.9. The summed E-state index contributed by atoms with van der Waals surface area (Å²) in [5.74, 6) is 0.898. The van der Waals surface area contributed by atoms with Crippen LogP contribution in [0.1, 0.15) is 76.4 Å². The molecule has 0 spiro atoms. The highest BCUT2D eigenvalue weighted by molar-refractivity contribution is 6.39. The van der Waals surface area contributed by atoms with E-state index in [4.69, 9.17) is 49.5 Å². The lowest BCUT2D eigenvalue weighted by atomic mass is 9.72. The van der Waals surface area contributed by atoms with Crippen molar-refractivity contribution in [3.63, 3.8) is 0 Å². The number of nitrogens with one attached hydrogen (secondary N) is 1. The van der Waals surface area contributed by atoms with Gasteiger partial charge >= 0.3 is 0 Å². The predicted molar refractivity (Wildman–Crippen MR) is 215 cm³/mol. The Morgan fingerprint density at radius 2 is 1.42 bits per heavy atom. The number of nitrogens with zero attached hydrogens (tertiary/aromatic N) is 2. The summed E-state index contributed by atoms with van der Waals surface area (Å²) in [4.78, 5) is 24.3. The Morgan fingerprint density at radius 1 is 0.769 bits per heavy atom. The standard InChI is InChI=1S/C41H34Cl3N3O3.C2H6/c1-40(2,3)21-41(4,5)22-13-16-24(17-14-22)50-32-20-30(45-36-28(43)11-8-12-29(36)44)33-34-35(25-9-6-7-10-26(25)38(33)49)46-39(47-37(32)34)27-19-23(42)15-18-31(27)48;1-2/h6-20,45,48H,21H2,1-5H3;1-2H3. The Hall–Kier alpha value is -4.62. The molecule has 0 unspecified atom stereocenters. The quantitative estimate of drug-likeness (QED) is 0.169. The van der Waals surface area contributed by atoms with Crippen LogP contribution in [0.3, 0.4) is 0 Å². The van der Waals surface area contributed by atoms with Crippen LogP contribution in [-0.4, -0.2) is 20.9 Å². The van der Waals surface area contributed by atoms with Crippen molar-refractivity contribution in [2.45, 2.75) is 60.3 Å². The first-order chi connectivity index (χ1) is 24.7. The molecule has 0 atom stereocenters. The van der Waals surface area contributed by atoms with Crippen LogP contribution in [0.25, 0.3) is 33.5 Å². The minimum atomic E-state index is -0.220. The van der Waals surface area contributed by atoms with Crippen molar-refractivity contribution in [3.8, 4) is 39.9 Å². The normalized spacial score (nSPS) is 12.2. The predicted octanol–water partition coefficient (Wildman–Crippen LogP) is 13.4. The van der Waals surface area contributed by atoms with Crippen molar-refractivity contribution in [2.24, 2.45) is 5.41 Å². The van der Waals surface area contributed by atoms with Gasteiger partial charge in [0.15, 0.2) is 17.4 Å². The van der Waals surface area contributed by atoms with Crippen LogP contribution >= 0.6 is 34.8 Å². The van der Waals surface area contributed by atoms with Crippen LogP contribution in [0, 0.1) is 5.41 Å². The molecule has 2 N–H and O–H groups in total. The van der Waals surface area contributed by atoms with Gasteiger partial charge in [-0.05, 0) is 65.3 Å². The summed E-state index contributed by atoms with van der Waals surface area (Å²) < 4.78 is 6.65. The lowest BCUT2D eigenvalue weighted by Crippen LogP contribution is -2.24. The molecule has 52 heavy (non-hydrogen) atoms. The summed E-state index contributed by atoms with van der Waals surface area (Å²) in [5.41, 5.74) is 4.83. The maximum absolute atomic E-state index is 14.4. The number of fused-ring (bicyclic) bond motifs is 2. The number of para-hydroxylation sites is 1. The number of phenols is 1. The molecule has 0 amide bonds. The van der Waals surface area contributed by atoms with Crippen LogP contribution in [0.4, 0.5) is 11.4 Å². The van der Waals surface area contributed by atoms with Crippen molar-refractivity contribution in [1.82, 2.24) is 9.97 Å². The second-order valence-corrected chi connectivity index (χ2v) is 15.7. The van der Waals surface area contributed by atoms with Crippen LogP contribution in [0.2, 0.25) is 15.1 Å². The molecule has 0 radical (unpaired) electrons. The summed E-state index contributed by atoms with van der Waals surface area (Å²) in [6.45, 7) is 15.2. The molecule has 266 valence electrons. The number of aromatic hydroxyl groups is 1. The number of ether oxygens (including phenoxy) is 1. The second-order valence-electron chi connectivity index (χ2n) is 14.4. The van der Waals surface area contributed by atoms with Gasteiger partial charge in [-0.2, -0.15) is 0 Å². The third kappa shape index (κ3) is 7.20. The maximum atomic E-state index is 14.4. The average molecular weight is 753 g/mol. The zero-order valence-electron chi connectivity index (χ0n) is 30.2. The number of halogens is 3. The van der Waals surface area contributed by atoms with Gasteiger partial charge in [-0.1, -0.05) is 126 Å². The van der Waals surface area contributed by atoms with Gasteiger partial charge in [0.25, 0.3) is 0 Å². The highest BCUT2D eigenvalue weighted by atomic mass is 35.5. The van der Waals surface area contributed by atoms with Gasteiger partial charge in [-0.25, -0.2) is 9.97 Å².